The molecular weight excluding hydrogens is 328 g/mol. The molecule has 0 saturated carbocycles. The first-order chi connectivity index (χ1) is 11.4. The van der Waals surface area contributed by atoms with E-state index >= 15 is 0 Å². The van der Waals surface area contributed by atoms with Crippen molar-refractivity contribution in [2.24, 2.45) is 5.92 Å². The van der Waals surface area contributed by atoms with E-state index in [1.165, 1.54) is 6.08 Å². The fraction of sp³-hybridized carbons (Fsp3) is 0.412. The first-order valence-electron chi connectivity index (χ1n) is 7.87. The van der Waals surface area contributed by atoms with Gasteiger partial charge in [-0.05, 0) is 42.5 Å². The number of sulfone groups is 1. The van der Waals surface area contributed by atoms with E-state index in [9.17, 15) is 18.0 Å². The van der Waals surface area contributed by atoms with Crippen LogP contribution in [-0.4, -0.2) is 38.3 Å². The van der Waals surface area contributed by atoms with E-state index < -0.39 is 9.84 Å². The lowest BCUT2D eigenvalue weighted by Crippen LogP contribution is -2.34. The molecule has 0 spiro atoms. The van der Waals surface area contributed by atoms with Crippen molar-refractivity contribution in [2.75, 3.05) is 18.1 Å². The number of benzene rings is 1. The second-order valence-corrected chi connectivity index (χ2v) is 8.23. The lowest BCUT2D eigenvalue weighted by atomic mass is 10.0. The Balaban J connectivity index is 1.80. The van der Waals surface area contributed by atoms with Gasteiger partial charge in [-0.3, -0.25) is 9.59 Å². The standard InChI is InChI=1S/C17H22N2O4S/c1-2-16(20)18-11-13-3-5-15(6-4-13)17(21)19-12-14-7-9-24(22,23)10-8-14/h2-6,14H,1,7-12H2,(H,18,20)(H,19,21). The lowest BCUT2D eigenvalue weighted by molar-refractivity contribution is -0.116. The Kier molecular flexibility index (Phi) is 6.14. The number of hydrogen-bond acceptors (Lipinski definition) is 4. The number of nitrogens with one attached hydrogen (secondary N) is 2. The van der Waals surface area contributed by atoms with Crippen LogP contribution in [0.5, 0.6) is 0 Å². The van der Waals surface area contributed by atoms with Crippen LogP contribution < -0.4 is 10.6 Å². The number of carbonyl (C=O) groups excluding carboxylic acids is 2. The highest BCUT2D eigenvalue weighted by atomic mass is 32.2. The highest BCUT2D eigenvalue weighted by molar-refractivity contribution is 7.91. The van der Waals surface area contributed by atoms with Gasteiger partial charge < -0.3 is 10.6 Å². The van der Waals surface area contributed by atoms with Gasteiger partial charge in [0.2, 0.25) is 5.91 Å². The summed E-state index contributed by atoms with van der Waals surface area (Å²) in [6, 6.07) is 6.98. The first-order valence-corrected chi connectivity index (χ1v) is 9.69. The minimum atomic E-state index is -2.87. The molecule has 7 heteroatoms. The van der Waals surface area contributed by atoms with Gasteiger partial charge in [-0.2, -0.15) is 0 Å². The summed E-state index contributed by atoms with van der Waals surface area (Å²) in [7, 11) is -2.87. The van der Waals surface area contributed by atoms with Crippen LogP contribution in [0.15, 0.2) is 36.9 Å². The molecule has 24 heavy (non-hydrogen) atoms. The third-order valence-electron chi connectivity index (χ3n) is 4.09. The van der Waals surface area contributed by atoms with E-state index in [2.05, 4.69) is 17.2 Å². The summed E-state index contributed by atoms with van der Waals surface area (Å²) in [6.45, 7) is 4.25. The van der Waals surface area contributed by atoms with Gasteiger partial charge in [-0.15, -0.1) is 0 Å². The Labute approximate surface area is 142 Å². The smallest absolute Gasteiger partial charge is 0.251 e. The highest BCUT2D eigenvalue weighted by Crippen LogP contribution is 2.18. The monoisotopic (exact) mass is 350 g/mol. The van der Waals surface area contributed by atoms with E-state index in [4.69, 9.17) is 0 Å². The van der Waals surface area contributed by atoms with E-state index in [0.717, 1.165) is 5.56 Å². The Hall–Kier alpha value is -2.15. The zero-order chi connectivity index (χ0) is 17.6. The second kappa shape index (κ2) is 8.10. The molecule has 6 nitrogen and oxygen atoms in total. The molecule has 1 fully saturated rings. The molecule has 0 bridgehead atoms. The number of carbonyl (C=O) groups is 2. The van der Waals surface area contributed by atoms with Crippen molar-refractivity contribution in [1.82, 2.24) is 10.6 Å². The average molecular weight is 350 g/mol. The van der Waals surface area contributed by atoms with Gasteiger partial charge in [0, 0.05) is 18.7 Å². The first kappa shape index (κ1) is 18.2. The minimum absolute atomic E-state index is 0.176. The Morgan fingerprint density at radius 1 is 1.12 bits per heavy atom. The van der Waals surface area contributed by atoms with Crippen LogP contribution in [0.25, 0.3) is 0 Å². The van der Waals surface area contributed by atoms with Crippen LogP contribution >= 0.6 is 0 Å². The molecule has 1 aromatic rings. The van der Waals surface area contributed by atoms with Gasteiger partial charge in [0.15, 0.2) is 0 Å². The van der Waals surface area contributed by atoms with Crippen LogP contribution in [0.2, 0.25) is 0 Å². The summed E-state index contributed by atoms with van der Waals surface area (Å²) in [5.74, 6) is 0.208. The van der Waals surface area contributed by atoms with Crippen molar-refractivity contribution in [3.05, 3.63) is 48.0 Å². The van der Waals surface area contributed by atoms with Crippen molar-refractivity contribution in [1.29, 1.82) is 0 Å². The summed E-state index contributed by atoms with van der Waals surface area (Å²) in [5.41, 5.74) is 1.43. The topological polar surface area (TPSA) is 92.3 Å². The predicted molar refractivity (Wildman–Crippen MR) is 92.2 cm³/mol. The molecular formula is C17H22N2O4S. The van der Waals surface area contributed by atoms with Crippen LogP contribution in [0.3, 0.4) is 0 Å². The summed E-state index contributed by atoms with van der Waals surface area (Å²) >= 11 is 0. The molecule has 2 rings (SSSR count). The summed E-state index contributed by atoms with van der Waals surface area (Å²) in [5, 5.41) is 5.52. The average Bonchev–Trinajstić information content (AvgIpc) is 2.59. The highest BCUT2D eigenvalue weighted by Gasteiger charge is 2.23. The van der Waals surface area contributed by atoms with Gasteiger partial charge in [-0.25, -0.2) is 8.42 Å². The Morgan fingerprint density at radius 2 is 1.75 bits per heavy atom. The molecule has 2 amide bonds. The maximum Gasteiger partial charge on any atom is 0.251 e. The maximum atomic E-state index is 12.1. The number of amides is 2. The van der Waals surface area contributed by atoms with Crippen LogP contribution in [0.1, 0.15) is 28.8 Å². The third kappa shape index (κ3) is 5.49. The SMILES string of the molecule is C=CC(=O)NCc1ccc(C(=O)NCC2CCS(=O)(=O)CC2)cc1. The van der Waals surface area contributed by atoms with Crippen LogP contribution in [0, 0.1) is 5.92 Å². The summed E-state index contributed by atoms with van der Waals surface area (Å²) in [4.78, 5) is 23.2. The zero-order valence-electron chi connectivity index (χ0n) is 13.5. The molecule has 1 aromatic carbocycles. The summed E-state index contributed by atoms with van der Waals surface area (Å²) < 4.78 is 22.8. The fourth-order valence-corrected chi connectivity index (χ4v) is 4.11. The van der Waals surface area contributed by atoms with Crippen molar-refractivity contribution >= 4 is 21.7 Å². The van der Waals surface area contributed by atoms with Crippen LogP contribution in [0.4, 0.5) is 0 Å². The van der Waals surface area contributed by atoms with Gasteiger partial charge in [-0.1, -0.05) is 18.7 Å². The predicted octanol–water partition coefficient (Wildman–Crippen LogP) is 1.04. The molecule has 1 heterocycles. The second-order valence-electron chi connectivity index (χ2n) is 5.92. The molecule has 1 aliphatic heterocycles. The molecule has 0 unspecified atom stereocenters. The van der Waals surface area contributed by atoms with E-state index in [-0.39, 0.29) is 29.2 Å². The molecule has 2 N–H and O–H groups in total. The Morgan fingerprint density at radius 3 is 2.33 bits per heavy atom. The number of rotatable bonds is 6. The molecule has 0 aromatic heterocycles. The van der Waals surface area contributed by atoms with Gasteiger partial charge in [0.1, 0.15) is 9.84 Å². The van der Waals surface area contributed by atoms with Gasteiger partial charge >= 0.3 is 0 Å². The van der Waals surface area contributed by atoms with E-state index in [1.54, 1.807) is 24.3 Å². The van der Waals surface area contributed by atoms with E-state index in [1.807, 2.05) is 0 Å². The molecule has 1 aliphatic rings. The van der Waals surface area contributed by atoms with Crippen molar-refractivity contribution in [3.8, 4) is 0 Å². The number of hydrogen-bond donors (Lipinski definition) is 2. The molecule has 1 saturated heterocycles. The van der Waals surface area contributed by atoms with Crippen molar-refractivity contribution in [3.63, 3.8) is 0 Å². The van der Waals surface area contributed by atoms with Crippen molar-refractivity contribution in [2.45, 2.75) is 19.4 Å². The largest absolute Gasteiger partial charge is 0.352 e. The normalized spacial score (nSPS) is 17.0. The van der Waals surface area contributed by atoms with Gasteiger partial charge in [0.25, 0.3) is 5.91 Å². The molecule has 0 atom stereocenters. The van der Waals surface area contributed by atoms with Gasteiger partial charge in [0.05, 0.1) is 11.5 Å². The lowest BCUT2D eigenvalue weighted by Gasteiger charge is -2.22. The minimum Gasteiger partial charge on any atom is -0.352 e. The maximum absolute atomic E-state index is 12.1. The van der Waals surface area contributed by atoms with Crippen molar-refractivity contribution < 1.29 is 18.0 Å². The van der Waals surface area contributed by atoms with E-state index in [0.29, 0.717) is 31.5 Å². The quantitative estimate of drug-likeness (QED) is 0.750. The fourth-order valence-electron chi connectivity index (χ4n) is 2.52. The molecule has 0 aliphatic carbocycles. The molecule has 0 radical (unpaired) electrons. The Bertz CT molecular complexity index is 697. The zero-order valence-corrected chi connectivity index (χ0v) is 14.3. The third-order valence-corrected chi connectivity index (χ3v) is 5.81. The van der Waals surface area contributed by atoms with Crippen LogP contribution in [-0.2, 0) is 21.2 Å². The molecule has 130 valence electrons. The summed E-state index contributed by atoms with van der Waals surface area (Å²) in [6.07, 6.45) is 2.41.